The molecular formula is C17H22FNO. The maximum absolute atomic E-state index is 13.7. The van der Waals surface area contributed by atoms with Crippen LogP contribution in [-0.2, 0) is 6.54 Å². The molecule has 0 spiro atoms. The molecule has 1 saturated carbocycles. The van der Waals surface area contributed by atoms with Crippen LogP contribution in [0.1, 0.15) is 43.7 Å². The van der Waals surface area contributed by atoms with E-state index in [1.54, 1.807) is 0 Å². The third-order valence-corrected chi connectivity index (χ3v) is 3.45. The molecule has 0 unspecified atom stereocenters. The minimum atomic E-state index is -0.285. The van der Waals surface area contributed by atoms with E-state index in [0.717, 1.165) is 25.1 Å². The fourth-order valence-electron chi connectivity index (χ4n) is 2.33. The topological polar surface area (TPSA) is 23.5 Å². The van der Waals surface area contributed by atoms with Gasteiger partial charge in [0.2, 0.25) is 0 Å². The molecular weight excluding hydrogens is 253 g/mol. The third-order valence-electron chi connectivity index (χ3n) is 3.45. The van der Waals surface area contributed by atoms with Gasteiger partial charge >= 0.3 is 0 Å². The van der Waals surface area contributed by atoms with Gasteiger partial charge in [-0.1, -0.05) is 24.8 Å². The Labute approximate surface area is 120 Å². The number of benzene rings is 1. The van der Waals surface area contributed by atoms with Crippen molar-refractivity contribution in [2.45, 2.75) is 45.2 Å². The second kappa shape index (κ2) is 7.42. The molecule has 2 nitrogen and oxygen atoms in total. The summed E-state index contributed by atoms with van der Waals surface area (Å²) in [5, 5.41) is 8.71. The zero-order valence-electron chi connectivity index (χ0n) is 12.0. The highest BCUT2D eigenvalue weighted by atomic mass is 19.1. The van der Waals surface area contributed by atoms with Crippen molar-refractivity contribution in [2.75, 3.05) is 13.2 Å². The number of rotatable bonds is 6. The highest BCUT2D eigenvalue weighted by molar-refractivity contribution is 5.38. The SMILES string of the molecule is CCCN(Cc1ccc(F)c(C#CCCO)c1)C1CC1. The van der Waals surface area contributed by atoms with Crippen LogP contribution >= 0.6 is 0 Å². The van der Waals surface area contributed by atoms with E-state index in [-0.39, 0.29) is 12.4 Å². The largest absolute Gasteiger partial charge is 0.395 e. The summed E-state index contributed by atoms with van der Waals surface area (Å²) in [6.07, 6.45) is 4.09. The predicted molar refractivity (Wildman–Crippen MR) is 78.7 cm³/mol. The first-order chi connectivity index (χ1) is 9.74. The highest BCUT2D eigenvalue weighted by Gasteiger charge is 2.28. The number of hydrogen-bond donors (Lipinski definition) is 1. The van der Waals surface area contributed by atoms with E-state index in [1.807, 2.05) is 12.1 Å². The minimum absolute atomic E-state index is 0.0142. The Bertz CT molecular complexity index is 499. The average Bonchev–Trinajstić information content (AvgIpc) is 3.26. The summed E-state index contributed by atoms with van der Waals surface area (Å²) in [7, 11) is 0. The van der Waals surface area contributed by atoms with Crippen LogP contribution in [0.15, 0.2) is 18.2 Å². The van der Waals surface area contributed by atoms with Crippen LogP contribution in [-0.4, -0.2) is 29.2 Å². The molecule has 0 heterocycles. The Hall–Kier alpha value is -1.37. The van der Waals surface area contributed by atoms with Gasteiger partial charge < -0.3 is 5.11 Å². The van der Waals surface area contributed by atoms with Gasteiger partial charge in [0.1, 0.15) is 5.82 Å². The van der Waals surface area contributed by atoms with Crippen LogP contribution in [0.2, 0.25) is 0 Å². The van der Waals surface area contributed by atoms with Gasteiger partial charge in [-0.2, -0.15) is 0 Å². The molecule has 0 radical (unpaired) electrons. The van der Waals surface area contributed by atoms with Crippen LogP contribution in [0, 0.1) is 17.7 Å². The molecule has 0 saturated heterocycles. The molecule has 3 heteroatoms. The van der Waals surface area contributed by atoms with Gasteiger partial charge in [0.25, 0.3) is 0 Å². The van der Waals surface area contributed by atoms with Crippen LogP contribution in [0.5, 0.6) is 0 Å². The zero-order chi connectivity index (χ0) is 14.4. The monoisotopic (exact) mass is 275 g/mol. The van der Waals surface area contributed by atoms with E-state index in [2.05, 4.69) is 23.7 Å². The summed E-state index contributed by atoms with van der Waals surface area (Å²) in [5.74, 6) is 5.30. The minimum Gasteiger partial charge on any atom is -0.395 e. The summed E-state index contributed by atoms with van der Waals surface area (Å²) in [6.45, 7) is 4.16. The first-order valence-corrected chi connectivity index (χ1v) is 7.36. The molecule has 2 rings (SSSR count). The van der Waals surface area contributed by atoms with Crippen molar-refractivity contribution < 1.29 is 9.50 Å². The molecule has 1 N–H and O–H groups in total. The second-order valence-corrected chi connectivity index (χ2v) is 5.29. The molecule has 0 atom stereocenters. The Morgan fingerprint density at radius 1 is 1.40 bits per heavy atom. The van der Waals surface area contributed by atoms with Crippen molar-refractivity contribution in [1.82, 2.24) is 4.90 Å². The summed E-state index contributed by atoms with van der Waals surface area (Å²) in [5.41, 5.74) is 1.54. The fraction of sp³-hybridized carbons (Fsp3) is 0.529. The smallest absolute Gasteiger partial charge is 0.138 e. The Balaban J connectivity index is 2.08. The number of nitrogens with zero attached hydrogens (tertiary/aromatic N) is 1. The van der Waals surface area contributed by atoms with Crippen LogP contribution in [0.25, 0.3) is 0 Å². The fourth-order valence-corrected chi connectivity index (χ4v) is 2.33. The van der Waals surface area contributed by atoms with Crippen LogP contribution in [0.3, 0.4) is 0 Å². The molecule has 1 aliphatic carbocycles. The van der Waals surface area contributed by atoms with E-state index in [9.17, 15) is 4.39 Å². The summed E-state index contributed by atoms with van der Waals surface area (Å²) < 4.78 is 13.7. The maximum Gasteiger partial charge on any atom is 0.138 e. The van der Waals surface area contributed by atoms with E-state index in [1.165, 1.54) is 18.9 Å². The van der Waals surface area contributed by atoms with Crippen molar-refractivity contribution in [3.05, 3.63) is 35.1 Å². The van der Waals surface area contributed by atoms with Gasteiger partial charge in [0.05, 0.1) is 12.2 Å². The molecule has 0 bridgehead atoms. The molecule has 0 aromatic heterocycles. The normalized spacial score (nSPS) is 14.2. The van der Waals surface area contributed by atoms with Gasteiger partial charge in [0, 0.05) is 19.0 Å². The van der Waals surface area contributed by atoms with Crippen LogP contribution < -0.4 is 0 Å². The first kappa shape index (κ1) is 15.0. The number of aliphatic hydroxyl groups is 1. The molecule has 1 aromatic carbocycles. The standard InChI is InChI=1S/C17H22FNO/c1-2-10-19(16-7-8-16)13-14-6-9-17(18)15(12-14)5-3-4-11-20/h6,9,12,16,20H,2,4,7-8,10-11,13H2,1H3. The molecule has 1 aromatic rings. The predicted octanol–water partition coefficient (Wildman–Crippen LogP) is 2.93. The summed E-state index contributed by atoms with van der Waals surface area (Å²) in [4.78, 5) is 2.47. The van der Waals surface area contributed by atoms with Gasteiger partial charge in [-0.15, -0.1) is 0 Å². The van der Waals surface area contributed by atoms with E-state index in [0.29, 0.717) is 18.0 Å². The van der Waals surface area contributed by atoms with Crippen molar-refractivity contribution in [1.29, 1.82) is 0 Å². The Kier molecular flexibility index (Phi) is 5.58. The Morgan fingerprint density at radius 3 is 2.85 bits per heavy atom. The second-order valence-electron chi connectivity index (χ2n) is 5.29. The number of hydrogen-bond acceptors (Lipinski definition) is 2. The molecule has 20 heavy (non-hydrogen) atoms. The van der Waals surface area contributed by atoms with Gasteiger partial charge in [-0.05, 0) is 43.5 Å². The lowest BCUT2D eigenvalue weighted by molar-refractivity contribution is 0.255. The zero-order valence-corrected chi connectivity index (χ0v) is 12.0. The number of aliphatic hydroxyl groups excluding tert-OH is 1. The van der Waals surface area contributed by atoms with E-state index >= 15 is 0 Å². The van der Waals surface area contributed by atoms with Crippen molar-refractivity contribution in [2.24, 2.45) is 0 Å². The lowest BCUT2D eigenvalue weighted by Gasteiger charge is -2.21. The van der Waals surface area contributed by atoms with E-state index in [4.69, 9.17) is 5.11 Å². The molecule has 1 aliphatic rings. The van der Waals surface area contributed by atoms with Crippen molar-refractivity contribution in [3.8, 4) is 11.8 Å². The summed E-state index contributed by atoms with van der Waals surface area (Å²) >= 11 is 0. The lowest BCUT2D eigenvalue weighted by atomic mass is 10.1. The van der Waals surface area contributed by atoms with Crippen molar-refractivity contribution in [3.63, 3.8) is 0 Å². The highest BCUT2D eigenvalue weighted by Crippen LogP contribution is 2.28. The third kappa shape index (κ3) is 4.33. The maximum atomic E-state index is 13.7. The van der Waals surface area contributed by atoms with E-state index < -0.39 is 0 Å². The summed E-state index contributed by atoms with van der Waals surface area (Å²) in [6, 6.07) is 5.89. The average molecular weight is 275 g/mol. The Morgan fingerprint density at radius 2 is 2.20 bits per heavy atom. The molecule has 0 amide bonds. The number of halogens is 1. The first-order valence-electron chi connectivity index (χ1n) is 7.36. The van der Waals surface area contributed by atoms with Crippen molar-refractivity contribution >= 4 is 0 Å². The van der Waals surface area contributed by atoms with Gasteiger partial charge in [-0.25, -0.2) is 4.39 Å². The van der Waals surface area contributed by atoms with Crippen LogP contribution in [0.4, 0.5) is 4.39 Å². The quantitative estimate of drug-likeness (QED) is 0.807. The van der Waals surface area contributed by atoms with Gasteiger partial charge in [0.15, 0.2) is 0 Å². The molecule has 108 valence electrons. The molecule has 1 fully saturated rings. The van der Waals surface area contributed by atoms with Gasteiger partial charge in [-0.3, -0.25) is 4.90 Å². The molecule has 0 aliphatic heterocycles. The lowest BCUT2D eigenvalue weighted by Crippen LogP contribution is -2.26.